The second kappa shape index (κ2) is 8.35. The largest absolute Gasteiger partial charge is 0.392 e. The fourth-order valence-electron chi connectivity index (χ4n) is 3.48. The van der Waals surface area contributed by atoms with E-state index < -0.39 is 0 Å². The predicted molar refractivity (Wildman–Crippen MR) is 105 cm³/mol. The molecular weight excluding hydrogens is 340 g/mol. The van der Waals surface area contributed by atoms with Crippen LogP contribution >= 0.6 is 0 Å². The number of nitrogens with zero attached hydrogens (tertiary/aromatic N) is 1. The van der Waals surface area contributed by atoms with Gasteiger partial charge in [0.05, 0.1) is 6.61 Å². The molecule has 1 saturated heterocycles. The van der Waals surface area contributed by atoms with Crippen LogP contribution in [0.4, 0.5) is 0 Å². The Labute approximate surface area is 160 Å². The van der Waals surface area contributed by atoms with E-state index in [0.717, 1.165) is 23.1 Å². The maximum atomic E-state index is 13.0. The molecule has 2 amide bonds. The topological polar surface area (TPSA) is 69.6 Å². The molecule has 1 aliphatic rings. The van der Waals surface area contributed by atoms with Crippen LogP contribution in [0.2, 0.25) is 0 Å². The van der Waals surface area contributed by atoms with Gasteiger partial charge in [-0.15, -0.1) is 0 Å². The van der Waals surface area contributed by atoms with Gasteiger partial charge in [-0.1, -0.05) is 36.4 Å². The van der Waals surface area contributed by atoms with Crippen LogP contribution in [0, 0.1) is 0 Å². The number of amides is 2. The average Bonchev–Trinajstić information content (AvgIpc) is 3.10. The lowest BCUT2D eigenvalue weighted by atomic mass is 9.98. The average molecular weight is 366 g/mol. The van der Waals surface area contributed by atoms with Gasteiger partial charge in [-0.25, -0.2) is 0 Å². The number of benzene rings is 2. The van der Waals surface area contributed by atoms with Crippen molar-refractivity contribution in [1.82, 2.24) is 10.2 Å². The van der Waals surface area contributed by atoms with Crippen molar-refractivity contribution >= 4 is 11.8 Å². The smallest absolute Gasteiger partial charge is 0.254 e. The molecule has 5 heteroatoms. The summed E-state index contributed by atoms with van der Waals surface area (Å²) < 4.78 is 0. The standard InChI is InChI=1S/C22H26N2O3/c1-15(2)24(13-19-11-12-21(26)23-19)22(27)17-9-7-16(8-10-17)20-6-4-3-5-18(20)14-25/h3-10,15,19,25H,11-14H2,1-2H3,(H,23,26). The van der Waals surface area contributed by atoms with E-state index in [1.807, 2.05) is 67.3 Å². The van der Waals surface area contributed by atoms with Gasteiger partial charge in [0.25, 0.3) is 5.91 Å². The molecule has 2 N–H and O–H groups in total. The van der Waals surface area contributed by atoms with Crippen molar-refractivity contribution in [3.8, 4) is 11.1 Å². The van der Waals surface area contributed by atoms with E-state index >= 15 is 0 Å². The number of aliphatic hydroxyl groups is 1. The van der Waals surface area contributed by atoms with Crippen molar-refractivity contribution < 1.29 is 14.7 Å². The van der Waals surface area contributed by atoms with E-state index in [-0.39, 0.29) is 30.5 Å². The zero-order valence-corrected chi connectivity index (χ0v) is 15.8. The molecule has 27 heavy (non-hydrogen) atoms. The molecule has 0 aliphatic carbocycles. The zero-order valence-electron chi connectivity index (χ0n) is 15.8. The Morgan fingerprint density at radius 1 is 1.19 bits per heavy atom. The van der Waals surface area contributed by atoms with Gasteiger partial charge in [0.15, 0.2) is 0 Å². The maximum absolute atomic E-state index is 13.0. The highest BCUT2D eigenvalue weighted by molar-refractivity contribution is 5.95. The Morgan fingerprint density at radius 3 is 2.48 bits per heavy atom. The molecule has 2 aromatic rings. The van der Waals surface area contributed by atoms with E-state index in [4.69, 9.17) is 0 Å². The van der Waals surface area contributed by atoms with E-state index in [1.54, 1.807) is 0 Å². The SMILES string of the molecule is CC(C)N(CC1CCC(=O)N1)C(=O)c1ccc(-c2ccccc2CO)cc1. The lowest BCUT2D eigenvalue weighted by Gasteiger charge is -2.29. The Morgan fingerprint density at radius 2 is 1.89 bits per heavy atom. The summed E-state index contributed by atoms with van der Waals surface area (Å²) in [5.74, 6) is 0.0243. The summed E-state index contributed by atoms with van der Waals surface area (Å²) in [5.41, 5.74) is 3.42. The van der Waals surface area contributed by atoms with Crippen LogP contribution in [-0.2, 0) is 11.4 Å². The third-order valence-electron chi connectivity index (χ3n) is 5.02. The highest BCUT2D eigenvalue weighted by Gasteiger charge is 2.27. The first-order valence-corrected chi connectivity index (χ1v) is 9.39. The second-order valence-electron chi connectivity index (χ2n) is 7.25. The summed E-state index contributed by atoms with van der Waals surface area (Å²) in [6.45, 7) is 4.48. The molecule has 1 fully saturated rings. The van der Waals surface area contributed by atoms with Crippen molar-refractivity contribution in [3.63, 3.8) is 0 Å². The molecule has 1 heterocycles. The Hall–Kier alpha value is -2.66. The molecule has 3 rings (SSSR count). The maximum Gasteiger partial charge on any atom is 0.254 e. The van der Waals surface area contributed by atoms with Crippen molar-refractivity contribution in [2.75, 3.05) is 6.54 Å². The number of carbonyl (C=O) groups excluding carboxylic acids is 2. The van der Waals surface area contributed by atoms with Crippen LogP contribution in [0.25, 0.3) is 11.1 Å². The summed E-state index contributed by atoms with van der Waals surface area (Å²) in [6.07, 6.45) is 1.30. The number of carbonyl (C=O) groups is 2. The van der Waals surface area contributed by atoms with E-state index in [2.05, 4.69) is 5.32 Å². The van der Waals surface area contributed by atoms with E-state index in [1.165, 1.54) is 0 Å². The van der Waals surface area contributed by atoms with Crippen LogP contribution in [0.3, 0.4) is 0 Å². The number of hydrogen-bond donors (Lipinski definition) is 2. The molecular formula is C22H26N2O3. The molecule has 0 saturated carbocycles. The van der Waals surface area contributed by atoms with Gasteiger partial charge in [-0.05, 0) is 49.1 Å². The van der Waals surface area contributed by atoms with Crippen molar-refractivity contribution in [1.29, 1.82) is 0 Å². The molecule has 0 bridgehead atoms. The Balaban J connectivity index is 1.78. The summed E-state index contributed by atoms with van der Waals surface area (Å²) >= 11 is 0. The lowest BCUT2D eigenvalue weighted by Crippen LogP contribution is -2.45. The molecule has 0 spiro atoms. The van der Waals surface area contributed by atoms with Crippen LogP contribution in [-0.4, -0.2) is 40.4 Å². The van der Waals surface area contributed by atoms with Crippen LogP contribution in [0.15, 0.2) is 48.5 Å². The molecule has 0 aromatic heterocycles. The van der Waals surface area contributed by atoms with Crippen molar-refractivity contribution in [3.05, 3.63) is 59.7 Å². The van der Waals surface area contributed by atoms with Crippen LogP contribution < -0.4 is 5.32 Å². The van der Waals surface area contributed by atoms with E-state index in [0.29, 0.717) is 18.5 Å². The normalized spacial score (nSPS) is 16.4. The van der Waals surface area contributed by atoms with Gasteiger partial charge >= 0.3 is 0 Å². The van der Waals surface area contributed by atoms with Crippen molar-refractivity contribution in [2.45, 2.75) is 45.4 Å². The van der Waals surface area contributed by atoms with Crippen LogP contribution in [0.5, 0.6) is 0 Å². The zero-order chi connectivity index (χ0) is 19.4. The lowest BCUT2D eigenvalue weighted by molar-refractivity contribution is -0.119. The molecule has 142 valence electrons. The molecule has 1 unspecified atom stereocenters. The fraction of sp³-hybridized carbons (Fsp3) is 0.364. The van der Waals surface area contributed by atoms with Gasteiger partial charge in [-0.2, -0.15) is 0 Å². The van der Waals surface area contributed by atoms with Gasteiger partial charge in [0.1, 0.15) is 0 Å². The van der Waals surface area contributed by atoms with E-state index in [9.17, 15) is 14.7 Å². The highest BCUT2D eigenvalue weighted by Crippen LogP contribution is 2.24. The quantitative estimate of drug-likeness (QED) is 0.826. The minimum absolute atomic E-state index is 0.0227. The molecule has 5 nitrogen and oxygen atoms in total. The fourth-order valence-corrected chi connectivity index (χ4v) is 3.48. The minimum Gasteiger partial charge on any atom is -0.392 e. The molecule has 2 aromatic carbocycles. The van der Waals surface area contributed by atoms with Crippen LogP contribution in [0.1, 0.15) is 42.6 Å². The minimum atomic E-state index is -0.0341. The Bertz CT molecular complexity index is 815. The summed E-state index contributed by atoms with van der Waals surface area (Å²) in [5, 5.41) is 12.5. The number of aliphatic hydroxyl groups excluding tert-OH is 1. The molecule has 0 radical (unpaired) electrons. The summed E-state index contributed by atoms with van der Waals surface area (Å²) in [4.78, 5) is 26.2. The summed E-state index contributed by atoms with van der Waals surface area (Å²) in [6, 6.07) is 15.2. The first kappa shape index (κ1) is 19.1. The first-order chi connectivity index (χ1) is 13.0. The Kier molecular flexibility index (Phi) is 5.91. The number of hydrogen-bond acceptors (Lipinski definition) is 3. The number of nitrogens with one attached hydrogen (secondary N) is 1. The molecule has 1 aliphatic heterocycles. The van der Waals surface area contributed by atoms with Gasteiger partial charge < -0.3 is 15.3 Å². The van der Waals surface area contributed by atoms with Gasteiger partial charge in [-0.3, -0.25) is 9.59 Å². The first-order valence-electron chi connectivity index (χ1n) is 9.39. The van der Waals surface area contributed by atoms with Gasteiger partial charge in [0, 0.05) is 30.6 Å². The third-order valence-corrected chi connectivity index (χ3v) is 5.02. The number of rotatable bonds is 6. The summed E-state index contributed by atoms with van der Waals surface area (Å²) in [7, 11) is 0. The van der Waals surface area contributed by atoms with Crippen molar-refractivity contribution in [2.24, 2.45) is 0 Å². The monoisotopic (exact) mass is 366 g/mol. The third kappa shape index (κ3) is 4.37. The second-order valence-corrected chi connectivity index (χ2v) is 7.25. The molecule has 1 atom stereocenters. The predicted octanol–water partition coefficient (Wildman–Crippen LogP) is 2.98. The highest BCUT2D eigenvalue weighted by atomic mass is 16.3. The van der Waals surface area contributed by atoms with Gasteiger partial charge in [0.2, 0.25) is 5.91 Å².